The van der Waals surface area contributed by atoms with E-state index in [0.717, 1.165) is 19.4 Å². The summed E-state index contributed by atoms with van der Waals surface area (Å²) in [6.07, 6.45) is 1.70. The van der Waals surface area contributed by atoms with Crippen molar-refractivity contribution in [2.24, 2.45) is 0 Å². The first-order chi connectivity index (χ1) is 8.19. The number of aliphatic hydroxyl groups is 1. The highest BCUT2D eigenvalue weighted by Gasteiger charge is 2.42. The largest absolute Gasteiger partial charge is 0.357 e. The molecule has 0 aromatic heterocycles. The molecule has 4 N–H and O–H groups in total. The Balaban J connectivity index is 2.04. The fourth-order valence-corrected chi connectivity index (χ4v) is 2.46. The maximum atomic E-state index is 12.0. The third-order valence-electron chi connectivity index (χ3n) is 3.37. The van der Waals surface area contributed by atoms with Gasteiger partial charge in [-0.15, -0.1) is 0 Å². The minimum atomic E-state index is -1.25. The number of carbonyl (C=O) groups is 1. The Kier molecular flexibility index (Phi) is 2.31. The summed E-state index contributed by atoms with van der Waals surface area (Å²) in [5, 5.41) is 19.4. The number of anilines is 1. The smallest absolute Gasteiger partial charge is 0.253 e. The Hall–Kier alpha value is -1.59. The van der Waals surface area contributed by atoms with Crippen molar-refractivity contribution in [2.45, 2.75) is 24.7 Å². The van der Waals surface area contributed by atoms with Crippen LogP contribution >= 0.6 is 0 Å². The monoisotopic (exact) mass is 233 g/mol. The van der Waals surface area contributed by atoms with Crippen molar-refractivity contribution < 1.29 is 9.90 Å². The standard InChI is InChI=1S/C12H15N3O2/c16-11-8-4-1-2-5-9(8)15-12(17)10(14-11)6-3-7-13-12/h1-2,4-5,10,13,15,17H,3,6-7H2,(H,14,16). The molecule has 0 aliphatic carbocycles. The molecular formula is C12H15N3O2. The quantitative estimate of drug-likeness (QED) is 0.518. The van der Waals surface area contributed by atoms with Gasteiger partial charge in [-0.25, -0.2) is 0 Å². The minimum Gasteiger partial charge on any atom is -0.357 e. The van der Waals surface area contributed by atoms with Gasteiger partial charge in [-0.1, -0.05) is 12.1 Å². The highest BCUT2D eigenvalue weighted by molar-refractivity contribution is 6.00. The molecule has 1 fully saturated rings. The molecule has 90 valence electrons. The minimum absolute atomic E-state index is 0.141. The van der Waals surface area contributed by atoms with Gasteiger partial charge in [0.2, 0.25) is 5.85 Å². The third-order valence-corrected chi connectivity index (χ3v) is 3.37. The van der Waals surface area contributed by atoms with Gasteiger partial charge in [0.05, 0.1) is 17.3 Å². The molecule has 0 spiro atoms. The molecular weight excluding hydrogens is 218 g/mol. The van der Waals surface area contributed by atoms with Crippen LogP contribution in [-0.4, -0.2) is 29.4 Å². The molecule has 0 saturated carbocycles. The topological polar surface area (TPSA) is 73.4 Å². The van der Waals surface area contributed by atoms with Crippen LogP contribution in [0, 0.1) is 0 Å². The number of carbonyl (C=O) groups excluding carboxylic acids is 1. The molecule has 1 aromatic rings. The van der Waals surface area contributed by atoms with Crippen LogP contribution < -0.4 is 16.0 Å². The number of nitrogens with one attached hydrogen (secondary N) is 3. The van der Waals surface area contributed by atoms with Crippen molar-refractivity contribution in [1.29, 1.82) is 0 Å². The summed E-state index contributed by atoms with van der Waals surface area (Å²) in [4.78, 5) is 12.0. The van der Waals surface area contributed by atoms with Crippen LogP contribution in [0.4, 0.5) is 5.69 Å². The molecule has 1 amide bonds. The second kappa shape index (κ2) is 3.72. The predicted octanol–water partition coefficient (Wildman–Crippen LogP) is 0.240. The van der Waals surface area contributed by atoms with Crippen LogP contribution in [0.2, 0.25) is 0 Å². The molecule has 2 heterocycles. The average molecular weight is 233 g/mol. The maximum absolute atomic E-state index is 12.0. The molecule has 1 aromatic carbocycles. The van der Waals surface area contributed by atoms with E-state index in [-0.39, 0.29) is 11.9 Å². The van der Waals surface area contributed by atoms with E-state index in [4.69, 9.17) is 0 Å². The summed E-state index contributed by atoms with van der Waals surface area (Å²) >= 11 is 0. The van der Waals surface area contributed by atoms with Gasteiger partial charge in [-0.3, -0.25) is 10.1 Å². The van der Waals surface area contributed by atoms with Gasteiger partial charge >= 0.3 is 0 Å². The van der Waals surface area contributed by atoms with E-state index in [1.807, 2.05) is 12.1 Å². The van der Waals surface area contributed by atoms with Crippen molar-refractivity contribution in [3.8, 4) is 0 Å². The summed E-state index contributed by atoms with van der Waals surface area (Å²) < 4.78 is 0. The van der Waals surface area contributed by atoms with Crippen LogP contribution in [0.15, 0.2) is 24.3 Å². The zero-order chi connectivity index (χ0) is 11.9. The zero-order valence-corrected chi connectivity index (χ0v) is 9.36. The first-order valence-electron chi connectivity index (χ1n) is 5.84. The van der Waals surface area contributed by atoms with Crippen molar-refractivity contribution in [1.82, 2.24) is 10.6 Å². The molecule has 5 nitrogen and oxygen atoms in total. The summed E-state index contributed by atoms with van der Waals surface area (Å²) in [6.45, 7) is 0.734. The zero-order valence-electron chi connectivity index (χ0n) is 9.36. The predicted molar refractivity (Wildman–Crippen MR) is 63.5 cm³/mol. The van der Waals surface area contributed by atoms with Crippen molar-refractivity contribution in [2.75, 3.05) is 11.9 Å². The summed E-state index contributed by atoms with van der Waals surface area (Å²) in [7, 11) is 0. The number of fused-ring (bicyclic) bond motifs is 2. The molecule has 2 aliphatic rings. The molecule has 2 aliphatic heterocycles. The van der Waals surface area contributed by atoms with E-state index in [2.05, 4.69) is 16.0 Å². The molecule has 1 saturated heterocycles. The lowest BCUT2D eigenvalue weighted by Gasteiger charge is -2.40. The van der Waals surface area contributed by atoms with E-state index < -0.39 is 5.85 Å². The first kappa shape index (κ1) is 10.6. The summed E-state index contributed by atoms with van der Waals surface area (Å²) in [5.74, 6) is -1.39. The Morgan fingerprint density at radius 1 is 1.35 bits per heavy atom. The number of para-hydroxylation sites is 1. The van der Waals surface area contributed by atoms with Crippen LogP contribution in [0.25, 0.3) is 0 Å². The number of amides is 1. The second-order valence-electron chi connectivity index (χ2n) is 4.53. The molecule has 0 bridgehead atoms. The Bertz CT molecular complexity index is 463. The van der Waals surface area contributed by atoms with Gasteiger partial charge in [0.25, 0.3) is 5.91 Å². The Morgan fingerprint density at radius 3 is 3.06 bits per heavy atom. The van der Waals surface area contributed by atoms with Crippen LogP contribution in [-0.2, 0) is 0 Å². The van der Waals surface area contributed by atoms with Crippen LogP contribution in [0.1, 0.15) is 23.2 Å². The third kappa shape index (κ3) is 1.67. The molecule has 17 heavy (non-hydrogen) atoms. The first-order valence-corrected chi connectivity index (χ1v) is 5.84. The van der Waals surface area contributed by atoms with Gasteiger partial charge < -0.3 is 15.7 Å². The number of hydrogen-bond acceptors (Lipinski definition) is 4. The summed E-state index contributed by atoms with van der Waals surface area (Å²) in [6, 6.07) is 6.89. The van der Waals surface area contributed by atoms with E-state index in [0.29, 0.717) is 11.3 Å². The van der Waals surface area contributed by atoms with Gasteiger partial charge in [0.1, 0.15) is 0 Å². The highest BCUT2D eigenvalue weighted by atomic mass is 16.3. The summed E-state index contributed by atoms with van der Waals surface area (Å²) in [5.41, 5.74) is 1.22. The van der Waals surface area contributed by atoms with E-state index in [9.17, 15) is 9.90 Å². The van der Waals surface area contributed by atoms with Gasteiger partial charge in [-0.05, 0) is 31.5 Å². The lowest BCUT2D eigenvalue weighted by molar-refractivity contribution is -0.0190. The van der Waals surface area contributed by atoms with E-state index in [1.54, 1.807) is 12.1 Å². The average Bonchev–Trinajstić information content (AvgIpc) is 2.43. The number of hydrogen-bond donors (Lipinski definition) is 4. The van der Waals surface area contributed by atoms with Crippen LogP contribution in [0.5, 0.6) is 0 Å². The number of benzene rings is 1. The lowest BCUT2D eigenvalue weighted by atomic mass is 10.0. The van der Waals surface area contributed by atoms with Crippen molar-refractivity contribution >= 4 is 11.6 Å². The lowest BCUT2D eigenvalue weighted by Crippen LogP contribution is -2.66. The Labute approximate surface area is 99.2 Å². The fraction of sp³-hybridized carbons (Fsp3) is 0.417. The molecule has 2 atom stereocenters. The van der Waals surface area contributed by atoms with Crippen molar-refractivity contribution in [3.05, 3.63) is 29.8 Å². The maximum Gasteiger partial charge on any atom is 0.253 e. The van der Waals surface area contributed by atoms with Crippen LogP contribution in [0.3, 0.4) is 0 Å². The second-order valence-corrected chi connectivity index (χ2v) is 4.53. The van der Waals surface area contributed by atoms with E-state index >= 15 is 0 Å². The molecule has 3 rings (SSSR count). The molecule has 0 radical (unpaired) electrons. The molecule has 2 unspecified atom stereocenters. The van der Waals surface area contributed by atoms with Gasteiger partial charge in [0.15, 0.2) is 0 Å². The van der Waals surface area contributed by atoms with Gasteiger partial charge in [-0.2, -0.15) is 0 Å². The number of piperidine rings is 1. The van der Waals surface area contributed by atoms with E-state index in [1.165, 1.54) is 0 Å². The highest BCUT2D eigenvalue weighted by Crippen LogP contribution is 2.27. The normalized spacial score (nSPS) is 31.6. The fourth-order valence-electron chi connectivity index (χ4n) is 2.46. The van der Waals surface area contributed by atoms with Crippen molar-refractivity contribution in [3.63, 3.8) is 0 Å². The molecule has 5 heteroatoms. The number of rotatable bonds is 0. The SMILES string of the molecule is O=C1NC2CCCNC2(O)Nc2ccccc21. The Morgan fingerprint density at radius 2 is 2.18 bits per heavy atom. The van der Waals surface area contributed by atoms with Gasteiger partial charge in [0, 0.05) is 0 Å².